The summed E-state index contributed by atoms with van der Waals surface area (Å²) in [6, 6.07) is 8.44. The summed E-state index contributed by atoms with van der Waals surface area (Å²) in [6.07, 6.45) is 1.59. The van der Waals surface area contributed by atoms with Crippen LogP contribution in [0.5, 0.6) is 5.75 Å². The van der Waals surface area contributed by atoms with E-state index in [4.69, 9.17) is 0 Å². The van der Waals surface area contributed by atoms with Crippen LogP contribution in [0.15, 0.2) is 41.0 Å². The minimum Gasteiger partial charge on any atom is -0.508 e. The van der Waals surface area contributed by atoms with Crippen LogP contribution in [0, 0.1) is 6.92 Å². The van der Waals surface area contributed by atoms with E-state index in [-0.39, 0.29) is 11.7 Å². The van der Waals surface area contributed by atoms with Crippen molar-refractivity contribution in [1.82, 2.24) is 4.98 Å². The maximum atomic E-state index is 12.5. The van der Waals surface area contributed by atoms with Crippen LogP contribution in [0.2, 0.25) is 0 Å². The molecule has 0 saturated carbocycles. The summed E-state index contributed by atoms with van der Waals surface area (Å²) in [6.45, 7) is 4.29. The highest BCUT2D eigenvalue weighted by Gasteiger charge is 2.19. The number of phenolic OH excluding ortho intramolecular Hbond substituents is 1. The van der Waals surface area contributed by atoms with Crippen molar-refractivity contribution >= 4 is 27.5 Å². The van der Waals surface area contributed by atoms with Crippen LogP contribution in [0.4, 0.5) is 5.69 Å². The number of aromatic hydroxyl groups is 1. The molecule has 0 aliphatic heterocycles. The van der Waals surface area contributed by atoms with Gasteiger partial charge in [-0.05, 0) is 53.5 Å². The standard InChI is InChI=1S/C15H15BrN2O2/c1-3-18(14-8-12(19)6-4-10(14)2)15(20)13-7-5-11(16)9-17-13/h4-9,19H,3H2,1-2H3. The highest BCUT2D eigenvalue weighted by atomic mass is 79.9. The molecule has 1 aromatic carbocycles. The van der Waals surface area contributed by atoms with E-state index < -0.39 is 0 Å². The molecule has 1 amide bonds. The van der Waals surface area contributed by atoms with Crippen LogP contribution in [0.3, 0.4) is 0 Å². The number of aromatic nitrogens is 1. The number of hydrogen-bond donors (Lipinski definition) is 1. The van der Waals surface area contributed by atoms with Gasteiger partial charge in [-0.2, -0.15) is 0 Å². The minimum atomic E-state index is -0.186. The van der Waals surface area contributed by atoms with E-state index >= 15 is 0 Å². The number of phenols is 1. The van der Waals surface area contributed by atoms with Crippen LogP contribution < -0.4 is 4.90 Å². The Morgan fingerprint density at radius 2 is 2.10 bits per heavy atom. The largest absolute Gasteiger partial charge is 0.508 e. The number of benzene rings is 1. The molecule has 4 nitrogen and oxygen atoms in total. The highest BCUT2D eigenvalue weighted by molar-refractivity contribution is 9.10. The van der Waals surface area contributed by atoms with Gasteiger partial charge in [-0.1, -0.05) is 6.07 Å². The SMILES string of the molecule is CCN(C(=O)c1ccc(Br)cn1)c1cc(O)ccc1C. The normalized spacial score (nSPS) is 10.3. The molecular formula is C15H15BrN2O2. The molecular weight excluding hydrogens is 320 g/mol. The lowest BCUT2D eigenvalue weighted by Crippen LogP contribution is -2.31. The van der Waals surface area contributed by atoms with E-state index in [0.29, 0.717) is 17.9 Å². The Hall–Kier alpha value is -1.88. The van der Waals surface area contributed by atoms with E-state index in [0.717, 1.165) is 10.0 Å². The first-order valence-electron chi connectivity index (χ1n) is 6.26. The second-order valence-electron chi connectivity index (χ2n) is 4.38. The van der Waals surface area contributed by atoms with Crippen molar-refractivity contribution in [2.45, 2.75) is 13.8 Å². The van der Waals surface area contributed by atoms with E-state index in [1.807, 2.05) is 13.8 Å². The molecule has 0 radical (unpaired) electrons. The zero-order chi connectivity index (χ0) is 14.7. The second-order valence-corrected chi connectivity index (χ2v) is 5.30. The summed E-state index contributed by atoms with van der Waals surface area (Å²) in [5.74, 6) is -0.0469. The van der Waals surface area contributed by atoms with Crippen LogP contribution in [-0.4, -0.2) is 22.5 Å². The van der Waals surface area contributed by atoms with Crippen molar-refractivity contribution < 1.29 is 9.90 Å². The molecule has 1 N–H and O–H groups in total. The van der Waals surface area contributed by atoms with Gasteiger partial charge in [-0.15, -0.1) is 0 Å². The van der Waals surface area contributed by atoms with Crippen LogP contribution in [0.1, 0.15) is 23.0 Å². The second kappa shape index (κ2) is 6.05. The quantitative estimate of drug-likeness (QED) is 0.934. The first-order valence-corrected chi connectivity index (χ1v) is 7.05. The van der Waals surface area contributed by atoms with Gasteiger partial charge < -0.3 is 10.0 Å². The van der Waals surface area contributed by atoms with Crippen LogP contribution in [0.25, 0.3) is 0 Å². The van der Waals surface area contributed by atoms with Crippen molar-refractivity contribution in [2.75, 3.05) is 11.4 Å². The zero-order valence-corrected chi connectivity index (χ0v) is 12.9. The number of aryl methyl sites for hydroxylation is 1. The molecule has 20 heavy (non-hydrogen) atoms. The van der Waals surface area contributed by atoms with Gasteiger partial charge in [0, 0.05) is 23.3 Å². The average molecular weight is 335 g/mol. The number of nitrogens with zero attached hydrogens (tertiary/aromatic N) is 2. The van der Waals surface area contributed by atoms with Gasteiger partial charge in [0.05, 0.1) is 5.69 Å². The minimum absolute atomic E-state index is 0.139. The molecule has 5 heteroatoms. The van der Waals surface area contributed by atoms with Gasteiger partial charge in [0.25, 0.3) is 5.91 Å². The fraction of sp³-hybridized carbons (Fsp3) is 0.200. The summed E-state index contributed by atoms with van der Waals surface area (Å²) in [7, 11) is 0. The van der Waals surface area contributed by atoms with Gasteiger partial charge in [0.15, 0.2) is 0 Å². The molecule has 0 atom stereocenters. The monoisotopic (exact) mass is 334 g/mol. The molecule has 0 saturated heterocycles. The highest BCUT2D eigenvalue weighted by Crippen LogP contribution is 2.26. The maximum absolute atomic E-state index is 12.5. The van der Waals surface area contributed by atoms with Gasteiger partial charge in [0.2, 0.25) is 0 Å². The van der Waals surface area contributed by atoms with Crippen molar-refractivity contribution in [3.05, 3.63) is 52.3 Å². The van der Waals surface area contributed by atoms with Crippen LogP contribution in [-0.2, 0) is 0 Å². The maximum Gasteiger partial charge on any atom is 0.276 e. The van der Waals surface area contributed by atoms with Crippen molar-refractivity contribution in [1.29, 1.82) is 0 Å². The third-order valence-corrected chi connectivity index (χ3v) is 3.46. The molecule has 0 unspecified atom stereocenters. The number of carbonyl (C=O) groups is 1. The Morgan fingerprint density at radius 3 is 2.70 bits per heavy atom. The lowest BCUT2D eigenvalue weighted by atomic mass is 10.1. The summed E-state index contributed by atoms with van der Waals surface area (Å²) in [5.41, 5.74) is 2.00. The third kappa shape index (κ3) is 2.99. The van der Waals surface area contributed by atoms with E-state index in [9.17, 15) is 9.90 Å². The topological polar surface area (TPSA) is 53.4 Å². The number of amides is 1. The fourth-order valence-corrected chi connectivity index (χ4v) is 2.19. The predicted molar refractivity (Wildman–Crippen MR) is 82.1 cm³/mol. The average Bonchev–Trinajstić information content (AvgIpc) is 2.44. The summed E-state index contributed by atoms with van der Waals surface area (Å²) >= 11 is 3.29. The molecule has 2 rings (SSSR count). The Morgan fingerprint density at radius 1 is 1.35 bits per heavy atom. The van der Waals surface area contributed by atoms with Gasteiger partial charge in [-0.25, -0.2) is 4.98 Å². The summed E-state index contributed by atoms with van der Waals surface area (Å²) in [4.78, 5) is 18.2. The number of anilines is 1. The van der Waals surface area contributed by atoms with Crippen LogP contribution >= 0.6 is 15.9 Å². The Kier molecular flexibility index (Phi) is 4.39. The molecule has 104 valence electrons. The number of hydrogen-bond acceptors (Lipinski definition) is 3. The van der Waals surface area contributed by atoms with Crippen molar-refractivity contribution in [2.24, 2.45) is 0 Å². The number of pyridine rings is 1. The molecule has 0 bridgehead atoms. The molecule has 0 aliphatic rings. The molecule has 2 aromatic rings. The van der Waals surface area contributed by atoms with Gasteiger partial charge in [0.1, 0.15) is 11.4 Å². The fourth-order valence-electron chi connectivity index (χ4n) is 1.95. The lowest BCUT2D eigenvalue weighted by Gasteiger charge is -2.22. The zero-order valence-electron chi connectivity index (χ0n) is 11.3. The number of rotatable bonds is 3. The molecule has 1 heterocycles. The Bertz CT molecular complexity index is 626. The Balaban J connectivity index is 2.39. The number of carbonyl (C=O) groups excluding carboxylic acids is 1. The first-order chi connectivity index (χ1) is 9.52. The van der Waals surface area contributed by atoms with Crippen molar-refractivity contribution in [3.8, 4) is 5.75 Å². The van der Waals surface area contributed by atoms with E-state index in [2.05, 4.69) is 20.9 Å². The smallest absolute Gasteiger partial charge is 0.276 e. The van der Waals surface area contributed by atoms with Gasteiger partial charge in [-0.3, -0.25) is 4.79 Å². The summed E-state index contributed by atoms with van der Waals surface area (Å²) < 4.78 is 0.825. The van der Waals surface area contributed by atoms with E-state index in [1.54, 1.807) is 41.4 Å². The lowest BCUT2D eigenvalue weighted by molar-refractivity contribution is 0.0983. The summed E-state index contributed by atoms with van der Waals surface area (Å²) in [5, 5.41) is 9.61. The first kappa shape index (κ1) is 14.5. The number of halogens is 1. The predicted octanol–water partition coefficient (Wildman–Crippen LogP) is 3.52. The Labute approximate surface area is 126 Å². The van der Waals surface area contributed by atoms with E-state index in [1.165, 1.54) is 0 Å². The van der Waals surface area contributed by atoms with Gasteiger partial charge >= 0.3 is 0 Å². The molecule has 0 fully saturated rings. The van der Waals surface area contributed by atoms with Crippen molar-refractivity contribution in [3.63, 3.8) is 0 Å². The third-order valence-electron chi connectivity index (χ3n) is 2.99. The molecule has 1 aromatic heterocycles. The molecule has 0 aliphatic carbocycles. The molecule has 0 spiro atoms.